The van der Waals surface area contributed by atoms with E-state index in [2.05, 4.69) is 0 Å². The summed E-state index contributed by atoms with van der Waals surface area (Å²) in [6, 6.07) is 6.98. The van der Waals surface area contributed by atoms with E-state index in [1.54, 1.807) is 30.1 Å². The lowest BCUT2D eigenvalue weighted by Gasteiger charge is -2.20. The zero-order chi connectivity index (χ0) is 10.6. The quantitative estimate of drug-likeness (QED) is 0.760. The van der Waals surface area contributed by atoms with Gasteiger partial charge >= 0.3 is 0 Å². The number of thiocarbonyl (C=S) groups is 1. The molecule has 0 amide bonds. The van der Waals surface area contributed by atoms with Crippen molar-refractivity contribution in [1.29, 1.82) is 0 Å². The van der Waals surface area contributed by atoms with Crippen LogP contribution in [0, 0.1) is 0 Å². The lowest BCUT2D eigenvalue weighted by atomic mass is 10.3. The maximum absolute atomic E-state index is 9.54. The van der Waals surface area contributed by atoms with Gasteiger partial charge in [0.2, 0.25) is 0 Å². The molecule has 1 N–H and O–H groups in total. The number of hydrogen-bond donors (Lipinski definition) is 1. The van der Waals surface area contributed by atoms with E-state index < -0.39 is 0 Å². The van der Waals surface area contributed by atoms with Crippen LogP contribution in [-0.2, 0) is 4.74 Å². The minimum Gasteiger partial charge on any atom is -0.506 e. The lowest BCUT2D eigenvalue weighted by Crippen LogP contribution is -2.26. The second kappa shape index (κ2) is 4.81. The summed E-state index contributed by atoms with van der Waals surface area (Å²) in [5.41, 5.74) is 0.644. The topological polar surface area (TPSA) is 32.7 Å². The zero-order valence-corrected chi connectivity index (χ0v) is 9.04. The van der Waals surface area contributed by atoms with Crippen molar-refractivity contribution in [3.8, 4) is 5.75 Å². The molecule has 0 spiro atoms. The van der Waals surface area contributed by atoms with Crippen LogP contribution in [0.1, 0.15) is 6.92 Å². The predicted octanol–water partition coefficient (Wildman–Crippen LogP) is 2.15. The SMILES string of the molecule is CCOC(=S)N(C)c1ccccc1O. The van der Waals surface area contributed by atoms with Gasteiger partial charge in [-0.15, -0.1) is 0 Å². The molecule has 4 heteroatoms. The Balaban J connectivity index is 2.84. The van der Waals surface area contributed by atoms with E-state index in [0.717, 1.165) is 0 Å². The first-order chi connectivity index (χ1) is 6.66. The number of nitrogens with zero attached hydrogens (tertiary/aromatic N) is 1. The second-order valence-corrected chi connectivity index (χ2v) is 3.10. The van der Waals surface area contributed by atoms with Gasteiger partial charge in [0.05, 0.1) is 12.3 Å². The van der Waals surface area contributed by atoms with Gasteiger partial charge in [-0.3, -0.25) is 0 Å². The third-order valence-electron chi connectivity index (χ3n) is 1.78. The molecule has 0 unspecified atom stereocenters. The molecular weight excluding hydrogens is 198 g/mol. The number of ether oxygens (including phenoxy) is 1. The van der Waals surface area contributed by atoms with Gasteiger partial charge in [-0.25, -0.2) is 0 Å². The predicted molar refractivity (Wildman–Crippen MR) is 60.7 cm³/mol. The standard InChI is InChI=1S/C10H13NO2S/c1-3-13-10(14)11(2)8-6-4-5-7-9(8)12/h4-7,12H,3H2,1-2H3. The summed E-state index contributed by atoms with van der Waals surface area (Å²) in [5, 5.41) is 9.90. The Bertz CT molecular complexity index is 328. The van der Waals surface area contributed by atoms with Gasteiger partial charge in [0.1, 0.15) is 5.75 Å². The van der Waals surface area contributed by atoms with Crippen LogP contribution in [0.4, 0.5) is 5.69 Å². The van der Waals surface area contributed by atoms with Crippen molar-refractivity contribution >= 4 is 23.1 Å². The fourth-order valence-electron chi connectivity index (χ4n) is 1.07. The molecule has 0 aromatic heterocycles. The van der Waals surface area contributed by atoms with Crippen molar-refractivity contribution in [2.75, 3.05) is 18.6 Å². The molecule has 0 atom stereocenters. The molecule has 1 rings (SSSR count). The van der Waals surface area contributed by atoms with Crippen LogP contribution in [0.3, 0.4) is 0 Å². The highest BCUT2D eigenvalue weighted by atomic mass is 32.1. The van der Waals surface area contributed by atoms with Crippen LogP contribution in [0.25, 0.3) is 0 Å². The summed E-state index contributed by atoms with van der Waals surface area (Å²) in [5.74, 6) is 0.192. The van der Waals surface area contributed by atoms with Crippen LogP contribution in [0.5, 0.6) is 5.75 Å². The summed E-state index contributed by atoms with van der Waals surface area (Å²) < 4.78 is 5.16. The van der Waals surface area contributed by atoms with Gasteiger partial charge in [0, 0.05) is 7.05 Å². The number of phenols is 1. The third-order valence-corrected chi connectivity index (χ3v) is 2.18. The Morgan fingerprint density at radius 1 is 1.50 bits per heavy atom. The summed E-state index contributed by atoms with van der Waals surface area (Å²) in [4.78, 5) is 1.63. The minimum absolute atomic E-state index is 0.192. The summed E-state index contributed by atoms with van der Waals surface area (Å²) in [6.45, 7) is 2.39. The minimum atomic E-state index is 0.192. The number of aromatic hydroxyl groups is 1. The molecule has 76 valence electrons. The Morgan fingerprint density at radius 3 is 2.71 bits per heavy atom. The van der Waals surface area contributed by atoms with Crippen LogP contribution in [0.15, 0.2) is 24.3 Å². The average Bonchev–Trinajstić information content (AvgIpc) is 2.18. The molecule has 3 nitrogen and oxygen atoms in total. The van der Waals surface area contributed by atoms with Gasteiger partial charge in [-0.1, -0.05) is 12.1 Å². The summed E-state index contributed by atoms with van der Waals surface area (Å²) in [7, 11) is 1.76. The smallest absolute Gasteiger partial charge is 0.263 e. The number of rotatable bonds is 2. The fourth-order valence-corrected chi connectivity index (χ4v) is 1.28. The van der Waals surface area contributed by atoms with E-state index in [9.17, 15) is 5.11 Å². The highest BCUT2D eigenvalue weighted by Crippen LogP contribution is 2.25. The van der Waals surface area contributed by atoms with Crippen molar-refractivity contribution in [1.82, 2.24) is 0 Å². The molecular formula is C10H13NO2S. The Morgan fingerprint density at radius 2 is 2.14 bits per heavy atom. The molecule has 1 aromatic carbocycles. The molecule has 0 saturated heterocycles. The zero-order valence-electron chi connectivity index (χ0n) is 8.23. The number of benzene rings is 1. The number of phenolic OH excluding ortho intramolecular Hbond substituents is 1. The third kappa shape index (κ3) is 2.35. The van der Waals surface area contributed by atoms with Crippen molar-refractivity contribution in [3.63, 3.8) is 0 Å². The van der Waals surface area contributed by atoms with Crippen LogP contribution >= 0.6 is 12.2 Å². The second-order valence-electron chi connectivity index (χ2n) is 2.75. The van der Waals surface area contributed by atoms with Gasteiger partial charge in [0.15, 0.2) is 0 Å². The molecule has 0 radical (unpaired) electrons. The van der Waals surface area contributed by atoms with Gasteiger partial charge in [-0.2, -0.15) is 0 Å². The van der Waals surface area contributed by atoms with Crippen molar-refractivity contribution < 1.29 is 9.84 Å². The van der Waals surface area contributed by atoms with Crippen LogP contribution in [0.2, 0.25) is 0 Å². The lowest BCUT2D eigenvalue weighted by molar-refractivity contribution is 0.329. The largest absolute Gasteiger partial charge is 0.506 e. The van der Waals surface area contributed by atoms with Crippen molar-refractivity contribution in [3.05, 3.63) is 24.3 Å². The van der Waals surface area contributed by atoms with Crippen LogP contribution in [-0.4, -0.2) is 23.9 Å². The summed E-state index contributed by atoms with van der Waals surface area (Å²) >= 11 is 5.01. The van der Waals surface area contributed by atoms with E-state index in [1.807, 2.05) is 13.0 Å². The van der Waals surface area contributed by atoms with Crippen molar-refractivity contribution in [2.45, 2.75) is 6.92 Å². The molecule has 0 aliphatic carbocycles. The monoisotopic (exact) mass is 211 g/mol. The number of hydrogen-bond acceptors (Lipinski definition) is 3. The number of anilines is 1. The fraction of sp³-hybridized carbons (Fsp3) is 0.300. The van der Waals surface area contributed by atoms with E-state index in [1.165, 1.54) is 0 Å². The average molecular weight is 211 g/mol. The highest BCUT2D eigenvalue weighted by Gasteiger charge is 2.10. The normalized spacial score (nSPS) is 9.57. The summed E-state index contributed by atoms with van der Waals surface area (Å²) in [6.07, 6.45) is 0. The van der Waals surface area contributed by atoms with E-state index in [4.69, 9.17) is 17.0 Å². The van der Waals surface area contributed by atoms with Gasteiger partial charge in [0.25, 0.3) is 5.17 Å². The molecule has 1 aromatic rings. The highest BCUT2D eigenvalue weighted by molar-refractivity contribution is 7.80. The first-order valence-corrected chi connectivity index (χ1v) is 4.76. The first kappa shape index (κ1) is 10.8. The molecule has 14 heavy (non-hydrogen) atoms. The van der Waals surface area contributed by atoms with Gasteiger partial charge in [-0.05, 0) is 31.3 Å². The van der Waals surface area contributed by atoms with Gasteiger partial charge < -0.3 is 14.7 Å². The molecule has 0 aliphatic rings. The maximum atomic E-state index is 9.54. The van der Waals surface area contributed by atoms with E-state index >= 15 is 0 Å². The number of para-hydroxylation sites is 2. The Labute approximate surface area is 88.9 Å². The van der Waals surface area contributed by atoms with E-state index in [0.29, 0.717) is 17.5 Å². The maximum Gasteiger partial charge on any atom is 0.263 e. The Hall–Kier alpha value is -1.29. The van der Waals surface area contributed by atoms with Crippen molar-refractivity contribution in [2.24, 2.45) is 0 Å². The molecule has 0 heterocycles. The molecule has 0 saturated carbocycles. The first-order valence-electron chi connectivity index (χ1n) is 4.35. The molecule has 0 aliphatic heterocycles. The molecule has 0 bridgehead atoms. The van der Waals surface area contributed by atoms with Crippen LogP contribution < -0.4 is 4.90 Å². The molecule has 0 fully saturated rings. The Kier molecular flexibility index (Phi) is 3.71. The van der Waals surface area contributed by atoms with E-state index in [-0.39, 0.29) is 5.75 Å².